The molecule has 1 aliphatic heterocycles. The van der Waals surface area contributed by atoms with E-state index >= 15 is 0 Å². The largest absolute Gasteiger partial charge is 0.371 e. The summed E-state index contributed by atoms with van der Waals surface area (Å²) in [5.41, 5.74) is 1.89. The van der Waals surface area contributed by atoms with Crippen molar-refractivity contribution in [1.82, 2.24) is 24.2 Å². The van der Waals surface area contributed by atoms with E-state index in [2.05, 4.69) is 15.2 Å². The lowest BCUT2D eigenvalue weighted by Crippen LogP contribution is -2.42. The summed E-state index contributed by atoms with van der Waals surface area (Å²) < 4.78 is 40.1. The third kappa shape index (κ3) is 2.89. The number of ether oxygens (including phenoxy) is 1. The molecule has 0 bridgehead atoms. The van der Waals surface area contributed by atoms with Crippen LogP contribution in [0.25, 0.3) is 11.1 Å². The van der Waals surface area contributed by atoms with Gasteiger partial charge in [0.15, 0.2) is 0 Å². The molecule has 26 heavy (non-hydrogen) atoms. The van der Waals surface area contributed by atoms with Gasteiger partial charge in [0.2, 0.25) is 10.0 Å². The number of hydrogen-bond donors (Lipinski definition) is 0. The Morgan fingerprint density at radius 2 is 2.19 bits per heavy atom. The number of rotatable bonds is 4. The molecule has 9 nitrogen and oxygen atoms in total. The van der Waals surface area contributed by atoms with Crippen molar-refractivity contribution in [3.8, 4) is 0 Å². The van der Waals surface area contributed by atoms with Crippen LogP contribution in [-0.2, 0) is 28.2 Å². The molecule has 0 N–H and O–H groups in total. The molecule has 0 radical (unpaired) electrons. The molecule has 1 saturated heterocycles. The number of sulfonamides is 1. The van der Waals surface area contributed by atoms with Gasteiger partial charge in [-0.05, 0) is 12.5 Å². The van der Waals surface area contributed by atoms with E-state index in [1.54, 1.807) is 16.9 Å². The second-order valence-electron chi connectivity index (χ2n) is 6.18. The van der Waals surface area contributed by atoms with E-state index in [0.717, 1.165) is 5.56 Å². The van der Waals surface area contributed by atoms with Gasteiger partial charge in [-0.2, -0.15) is 9.40 Å². The summed E-state index contributed by atoms with van der Waals surface area (Å²) in [6.07, 6.45) is 5.14. The molecule has 0 aromatic carbocycles. The van der Waals surface area contributed by atoms with Crippen LogP contribution in [0.3, 0.4) is 0 Å². The molecular weight excluding hydrogens is 358 g/mol. The monoisotopic (exact) mass is 377 g/mol. The number of aromatic nitrogens is 4. The Kier molecular flexibility index (Phi) is 4.25. The maximum Gasteiger partial charge on any atom is 0.258 e. The van der Waals surface area contributed by atoms with E-state index in [9.17, 15) is 8.42 Å². The van der Waals surface area contributed by atoms with Crippen molar-refractivity contribution < 1.29 is 17.7 Å². The molecule has 0 aliphatic carbocycles. The molecule has 1 fully saturated rings. The Morgan fingerprint density at radius 3 is 2.92 bits per heavy atom. The zero-order chi connectivity index (χ0) is 18.3. The number of hydrogen-bond acceptors (Lipinski definition) is 7. The third-order valence-electron chi connectivity index (χ3n) is 4.48. The van der Waals surface area contributed by atoms with Crippen LogP contribution in [0.1, 0.15) is 24.3 Å². The molecule has 4 rings (SSSR count). The number of pyridine rings is 1. The van der Waals surface area contributed by atoms with Gasteiger partial charge < -0.3 is 9.26 Å². The molecule has 1 aliphatic rings. The summed E-state index contributed by atoms with van der Waals surface area (Å²) in [6.45, 7) is 2.78. The van der Waals surface area contributed by atoms with Crippen LogP contribution in [0.4, 0.5) is 0 Å². The molecule has 10 heteroatoms. The Balaban J connectivity index is 1.65. The first kappa shape index (κ1) is 17.1. The van der Waals surface area contributed by atoms with Crippen molar-refractivity contribution >= 4 is 21.1 Å². The van der Waals surface area contributed by atoms with E-state index in [-0.39, 0.29) is 17.5 Å². The molecule has 0 spiro atoms. The highest BCUT2D eigenvalue weighted by atomic mass is 32.2. The van der Waals surface area contributed by atoms with Gasteiger partial charge in [0.05, 0.1) is 36.2 Å². The first-order valence-corrected chi connectivity index (χ1v) is 9.77. The minimum atomic E-state index is -3.70. The summed E-state index contributed by atoms with van der Waals surface area (Å²) in [5, 5.41) is 8.68. The van der Waals surface area contributed by atoms with Gasteiger partial charge in [-0.3, -0.25) is 4.68 Å². The van der Waals surface area contributed by atoms with E-state index in [1.165, 1.54) is 10.5 Å². The topological polar surface area (TPSA) is 103 Å². The quantitative estimate of drug-likeness (QED) is 0.675. The van der Waals surface area contributed by atoms with Crippen LogP contribution in [0.15, 0.2) is 34.1 Å². The Labute approximate surface area is 150 Å². The predicted octanol–water partition coefficient (Wildman–Crippen LogP) is 1.28. The van der Waals surface area contributed by atoms with Crippen LogP contribution in [0.5, 0.6) is 0 Å². The molecule has 3 aromatic heterocycles. The lowest BCUT2D eigenvalue weighted by atomic mass is 10.2. The van der Waals surface area contributed by atoms with Gasteiger partial charge in [0.25, 0.3) is 5.71 Å². The molecule has 0 unspecified atom stereocenters. The van der Waals surface area contributed by atoms with Crippen LogP contribution in [0, 0.1) is 0 Å². The molecule has 0 saturated carbocycles. The molecule has 138 valence electrons. The first-order valence-electron chi connectivity index (χ1n) is 8.33. The summed E-state index contributed by atoms with van der Waals surface area (Å²) in [7, 11) is -1.88. The van der Waals surface area contributed by atoms with Gasteiger partial charge in [-0.1, -0.05) is 12.1 Å². The van der Waals surface area contributed by atoms with Crippen molar-refractivity contribution in [2.75, 3.05) is 19.7 Å². The molecular formula is C16H19N5O4S. The average molecular weight is 377 g/mol. The van der Waals surface area contributed by atoms with Gasteiger partial charge >= 0.3 is 0 Å². The van der Waals surface area contributed by atoms with Crippen LogP contribution < -0.4 is 0 Å². The minimum Gasteiger partial charge on any atom is -0.371 e. The lowest BCUT2D eigenvalue weighted by Gasteiger charge is -2.31. The smallest absolute Gasteiger partial charge is 0.258 e. The minimum absolute atomic E-state index is 0.134. The maximum atomic E-state index is 13.1. The SMILES string of the molecule is CCc1noc2ncc(S(=O)(=O)N3CCO[C@H](c4cnn(C)c4)C3)cc12. The highest BCUT2D eigenvalue weighted by Crippen LogP contribution is 2.28. The third-order valence-corrected chi connectivity index (χ3v) is 6.31. The van der Waals surface area contributed by atoms with Crippen molar-refractivity contribution in [3.05, 3.63) is 35.9 Å². The van der Waals surface area contributed by atoms with Gasteiger partial charge in [0.1, 0.15) is 4.90 Å². The zero-order valence-electron chi connectivity index (χ0n) is 14.5. The normalized spacial score (nSPS) is 19.2. The van der Waals surface area contributed by atoms with E-state index < -0.39 is 10.0 Å². The number of aryl methyl sites for hydroxylation is 2. The Bertz CT molecular complexity index is 1040. The van der Waals surface area contributed by atoms with E-state index in [1.807, 2.05) is 20.2 Å². The first-order chi connectivity index (χ1) is 12.5. The fourth-order valence-electron chi connectivity index (χ4n) is 3.06. The summed E-state index contributed by atoms with van der Waals surface area (Å²) >= 11 is 0. The van der Waals surface area contributed by atoms with Crippen LogP contribution in [0.2, 0.25) is 0 Å². The standard InChI is InChI=1S/C16H19N5O4S/c1-3-14-13-6-12(8-17-16(13)25-19-14)26(22,23)21-4-5-24-15(10-21)11-7-18-20(2)9-11/h6-9,15H,3-5,10H2,1-2H3/t15-/m0/s1. The van der Waals surface area contributed by atoms with E-state index in [4.69, 9.17) is 9.26 Å². The molecule has 4 heterocycles. The van der Waals surface area contributed by atoms with Gasteiger partial charge in [-0.15, -0.1) is 0 Å². The van der Waals surface area contributed by atoms with Crippen LogP contribution >= 0.6 is 0 Å². The number of morpholine rings is 1. The zero-order valence-corrected chi connectivity index (χ0v) is 15.3. The molecule has 1 atom stereocenters. The van der Waals surface area contributed by atoms with Crippen molar-refractivity contribution in [2.45, 2.75) is 24.3 Å². The fraction of sp³-hybridized carbons (Fsp3) is 0.438. The Morgan fingerprint density at radius 1 is 1.35 bits per heavy atom. The summed E-state index contributed by atoms with van der Waals surface area (Å²) in [4.78, 5) is 4.25. The highest BCUT2D eigenvalue weighted by Gasteiger charge is 2.32. The van der Waals surface area contributed by atoms with Crippen molar-refractivity contribution in [1.29, 1.82) is 0 Å². The summed E-state index contributed by atoms with van der Waals surface area (Å²) in [5.74, 6) is 0. The van der Waals surface area contributed by atoms with E-state index in [0.29, 0.717) is 36.4 Å². The maximum absolute atomic E-state index is 13.1. The highest BCUT2D eigenvalue weighted by molar-refractivity contribution is 7.89. The second-order valence-corrected chi connectivity index (χ2v) is 8.11. The van der Waals surface area contributed by atoms with Crippen molar-refractivity contribution in [3.63, 3.8) is 0 Å². The average Bonchev–Trinajstić information content (AvgIpc) is 3.27. The molecule has 0 amide bonds. The van der Waals surface area contributed by atoms with Gasteiger partial charge in [0, 0.05) is 31.9 Å². The number of nitrogens with zero attached hydrogens (tertiary/aromatic N) is 5. The van der Waals surface area contributed by atoms with Crippen LogP contribution in [-0.4, -0.2) is 52.3 Å². The Hall–Kier alpha value is -2.30. The van der Waals surface area contributed by atoms with Crippen molar-refractivity contribution in [2.24, 2.45) is 7.05 Å². The second kappa shape index (κ2) is 6.45. The van der Waals surface area contributed by atoms with Gasteiger partial charge in [-0.25, -0.2) is 13.4 Å². The predicted molar refractivity (Wildman–Crippen MR) is 91.8 cm³/mol. The number of fused-ring (bicyclic) bond motifs is 1. The summed E-state index contributed by atoms with van der Waals surface area (Å²) in [6, 6.07) is 1.58. The lowest BCUT2D eigenvalue weighted by molar-refractivity contribution is -0.00259. The fourth-order valence-corrected chi connectivity index (χ4v) is 4.45. The molecule has 3 aromatic rings.